The number of halogens is 1. The van der Waals surface area contributed by atoms with Crippen molar-refractivity contribution in [3.8, 4) is 0 Å². The molecule has 0 saturated carbocycles. The average molecular weight is 384 g/mol. The van der Waals surface area contributed by atoms with Gasteiger partial charge in [0, 0.05) is 12.2 Å². The Balaban J connectivity index is 2.03. The number of anilines is 1. The molecule has 3 nitrogen and oxygen atoms in total. The maximum atomic E-state index is 5.58. The van der Waals surface area contributed by atoms with Crippen molar-refractivity contribution >= 4 is 28.3 Å². The van der Waals surface area contributed by atoms with Crippen molar-refractivity contribution in [2.75, 3.05) is 18.4 Å². The monoisotopic (exact) mass is 384 g/mol. The van der Waals surface area contributed by atoms with Gasteiger partial charge in [-0.3, -0.25) is 4.90 Å². The third kappa shape index (κ3) is 4.24. The molecule has 4 heteroatoms. The third-order valence-electron chi connectivity index (χ3n) is 3.39. The lowest BCUT2D eigenvalue weighted by molar-refractivity contribution is 0.296. The zero-order valence-electron chi connectivity index (χ0n) is 12.0. The maximum absolute atomic E-state index is 5.58. The van der Waals surface area contributed by atoms with Crippen molar-refractivity contribution in [1.29, 1.82) is 0 Å². The predicted octanol–water partition coefficient (Wildman–Crippen LogP) is 4.34. The van der Waals surface area contributed by atoms with Crippen LogP contribution >= 0.6 is 22.6 Å². The molecule has 20 heavy (non-hydrogen) atoms. The SMILES string of the molecule is CCN(CC)Cc1ccccc1NCc1ccc(I)o1. The molecule has 0 aliphatic carbocycles. The average Bonchev–Trinajstić information content (AvgIpc) is 2.89. The highest BCUT2D eigenvalue weighted by molar-refractivity contribution is 14.1. The van der Waals surface area contributed by atoms with Gasteiger partial charge >= 0.3 is 0 Å². The highest BCUT2D eigenvalue weighted by atomic mass is 127. The Morgan fingerprint density at radius 2 is 1.85 bits per heavy atom. The summed E-state index contributed by atoms with van der Waals surface area (Å²) in [4.78, 5) is 2.41. The lowest BCUT2D eigenvalue weighted by Crippen LogP contribution is -2.22. The first-order valence-corrected chi connectivity index (χ1v) is 8.09. The second-order valence-corrected chi connectivity index (χ2v) is 5.74. The second-order valence-electron chi connectivity index (χ2n) is 4.68. The Morgan fingerprint density at radius 1 is 1.10 bits per heavy atom. The Kier molecular flexibility index (Phi) is 5.91. The van der Waals surface area contributed by atoms with Crippen LogP contribution in [0.15, 0.2) is 40.8 Å². The molecule has 0 atom stereocenters. The first-order chi connectivity index (χ1) is 9.72. The fourth-order valence-corrected chi connectivity index (χ4v) is 2.61. The van der Waals surface area contributed by atoms with E-state index in [-0.39, 0.29) is 0 Å². The number of para-hydroxylation sites is 1. The van der Waals surface area contributed by atoms with Crippen molar-refractivity contribution in [3.05, 3.63) is 51.5 Å². The van der Waals surface area contributed by atoms with Crippen LogP contribution in [0, 0.1) is 3.77 Å². The molecule has 0 aliphatic rings. The largest absolute Gasteiger partial charge is 0.454 e. The molecule has 1 aromatic carbocycles. The van der Waals surface area contributed by atoms with E-state index in [1.165, 1.54) is 11.3 Å². The molecule has 0 amide bonds. The number of hydrogen-bond acceptors (Lipinski definition) is 3. The van der Waals surface area contributed by atoms with Gasteiger partial charge in [-0.05, 0) is 59.4 Å². The van der Waals surface area contributed by atoms with E-state index in [4.69, 9.17) is 4.42 Å². The number of hydrogen-bond donors (Lipinski definition) is 1. The van der Waals surface area contributed by atoms with Gasteiger partial charge in [-0.15, -0.1) is 0 Å². The minimum absolute atomic E-state index is 0.721. The van der Waals surface area contributed by atoms with Gasteiger partial charge in [0.15, 0.2) is 3.77 Å². The minimum atomic E-state index is 0.721. The van der Waals surface area contributed by atoms with Crippen LogP contribution in [0.5, 0.6) is 0 Å². The molecule has 2 rings (SSSR count). The summed E-state index contributed by atoms with van der Waals surface area (Å²) in [7, 11) is 0. The fraction of sp³-hybridized carbons (Fsp3) is 0.375. The molecule has 1 N–H and O–H groups in total. The second kappa shape index (κ2) is 7.69. The fourth-order valence-electron chi connectivity index (χ4n) is 2.15. The van der Waals surface area contributed by atoms with E-state index >= 15 is 0 Å². The molecule has 108 valence electrons. The normalized spacial score (nSPS) is 11.0. The van der Waals surface area contributed by atoms with Gasteiger partial charge in [-0.1, -0.05) is 32.0 Å². The van der Waals surface area contributed by atoms with Crippen molar-refractivity contribution in [3.63, 3.8) is 0 Å². The summed E-state index contributed by atoms with van der Waals surface area (Å²) in [6.45, 7) is 8.24. The van der Waals surface area contributed by atoms with Gasteiger partial charge in [0.2, 0.25) is 0 Å². The van der Waals surface area contributed by atoms with Crippen LogP contribution in [0.25, 0.3) is 0 Å². The predicted molar refractivity (Wildman–Crippen MR) is 91.8 cm³/mol. The summed E-state index contributed by atoms with van der Waals surface area (Å²) in [5, 5.41) is 3.47. The third-order valence-corrected chi connectivity index (χ3v) is 3.97. The van der Waals surface area contributed by atoms with Gasteiger partial charge in [0.25, 0.3) is 0 Å². The number of benzene rings is 1. The van der Waals surface area contributed by atoms with E-state index in [9.17, 15) is 0 Å². The highest BCUT2D eigenvalue weighted by Gasteiger charge is 2.06. The summed E-state index contributed by atoms with van der Waals surface area (Å²) in [6.07, 6.45) is 0. The summed E-state index contributed by atoms with van der Waals surface area (Å²) in [6, 6.07) is 12.5. The van der Waals surface area contributed by atoms with Gasteiger partial charge < -0.3 is 9.73 Å². The number of rotatable bonds is 7. The summed E-state index contributed by atoms with van der Waals surface area (Å²) >= 11 is 2.19. The Bertz CT molecular complexity index is 535. The van der Waals surface area contributed by atoms with Crippen LogP contribution in [-0.2, 0) is 13.1 Å². The summed E-state index contributed by atoms with van der Waals surface area (Å²) in [5.74, 6) is 0.965. The first-order valence-electron chi connectivity index (χ1n) is 7.01. The molecule has 0 spiro atoms. The molecule has 1 aromatic heterocycles. The van der Waals surface area contributed by atoms with Crippen molar-refractivity contribution in [2.24, 2.45) is 0 Å². The van der Waals surface area contributed by atoms with E-state index in [0.717, 1.165) is 35.7 Å². The smallest absolute Gasteiger partial charge is 0.164 e. The molecular weight excluding hydrogens is 363 g/mol. The van der Waals surface area contributed by atoms with E-state index < -0.39 is 0 Å². The Hall–Kier alpha value is -1.01. The van der Waals surface area contributed by atoms with Crippen LogP contribution < -0.4 is 5.32 Å². The van der Waals surface area contributed by atoms with E-state index in [2.05, 4.69) is 70.9 Å². The first kappa shape index (κ1) is 15.4. The molecular formula is C16H21IN2O. The van der Waals surface area contributed by atoms with Gasteiger partial charge in [-0.2, -0.15) is 0 Å². The lowest BCUT2D eigenvalue weighted by Gasteiger charge is -2.20. The maximum Gasteiger partial charge on any atom is 0.164 e. The molecule has 0 unspecified atom stereocenters. The topological polar surface area (TPSA) is 28.4 Å². The van der Waals surface area contributed by atoms with Crippen LogP contribution in [0.3, 0.4) is 0 Å². The Morgan fingerprint density at radius 3 is 2.50 bits per heavy atom. The van der Waals surface area contributed by atoms with Crippen molar-refractivity contribution in [2.45, 2.75) is 26.9 Å². The molecule has 0 radical (unpaired) electrons. The van der Waals surface area contributed by atoms with E-state index in [1.54, 1.807) is 0 Å². The Labute approximate surface area is 134 Å². The van der Waals surface area contributed by atoms with E-state index in [0.29, 0.717) is 0 Å². The number of nitrogens with one attached hydrogen (secondary N) is 1. The molecule has 0 saturated heterocycles. The van der Waals surface area contributed by atoms with Crippen molar-refractivity contribution in [1.82, 2.24) is 4.90 Å². The number of nitrogens with zero attached hydrogens (tertiary/aromatic N) is 1. The standard InChI is InChI=1S/C16H21IN2O/c1-3-19(4-2)12-13-7-5-6-8-15(13)18-11-14-9-10-16(17)20-14/h5-10,18H,3-4,11-12H2,1-2H3. The molecule has 0 aliphatic heterocycles. The molecule has 0 fully saturated rings. The van der Waals surface area contributed by atoms with Gasteiger partial charge in [0.05, 0.1) is 6.54 Å². The zero-order valence-corrected chi connectivity index (χ0v) is 14.2. The zero-order chi connectivity index (χ0) is 14.4. The molecule has 1 heterocycles. The number of furan rings is 1. The van der Waals surface area contributed by atoms with Crippen LogP contribution in [0.4, 0.5) is 5.69 Å². The summed E-state index contributed by atoms with van der Waals surface area (Å²) < 4.78 is 6.51. The van der Waals surface area contributed by atoms with Crippen LogP contribution in [-0.4, -0.2) is 18.0 Å². The quantitative estimate of drug-likeness (QED) is 0.720. The molecule has 0 bridgehead atoms. The molecule has 2 aromatic rings. The van der Waals surface area contributed by atoms with Gasteiger partial charge in [0.1, 0.15) is 5.76 Å². The van der Waals surface area contributed by atoms with Gasteiger partial charge in [-0.25, -0.2) is 0 Å². The lowest BCUT2D eigenvalue weighted by atomic mass is 10.1. The van der Waals surface area contributed by atoms with Crippen molar-refractivity contribution < 1.29 is 4.42 Å². The van der Waals surface area contributed by atoms with E-state index in [1.807, 2.05) is 12.1 Å². The highest BCUT2D eigenvalue weighted by Crippen LogP contribution is 2.19. The van der Waals surface area contributed by atoms with Crippen LogP contribution in [0.1, 0.15) is 25.2 Å². The van der Waals surface area contributed by atoms with Crippen LogP contribution in [0.2, 0.25) is 0 Å². The summed E-state index contributed by atoms with van der Waals surface area (Å²) in [5.41, 5.74) is 2.52. The minimum Gasteiger partial charge on any atom is -0.454 e.